The summed E-state index contributed by atoms with van der Waals surface area (Å²) in [6, 6.07) is 7.83. The number of benzene rings is 1. The fourth-order valence-corrected chi connectivity index (χ4v) is 1.78. The number of hydrogen-bond acceptors (Lipinski definition) is 1. The number of nitrogens with two attached hydrogens (primary N) is 1. The van der Waals surface area contributed by atoms with Crippen molar-refractivity contribution in [2.75, 3.05) is 6.54 Å². The molecule has 0 spiro atoms. The molecule has 0 atom stereocenters. The van der Waals surface area contributed by atoms with Crippen LogP contribution in [0.3, 0.4) is 0 Å². The Hall–Kier alpha value is -1.25. The Kier molecular flexibility index (Phi) is 2.80. The average Bonchev–Trinajstić information content (AvgIpc) is 2.60. The minimum atomic E-state index is 0.620. The second kappa shape index (κ2) is 4.09. The van der Waals surface area contributed by atoms with E-state index < -0.39 is 0 Å². The molecule has 1 heterocycles. The highest BCUT2D eigenvalue weighted by molar-refractivity contribution is 6.31. The van der Waals surface area contributed by atoms with E-state index in [4.69, 9.17) is 17.3 Å². The van der Waals surface area contributed by atoms with Crippen LogP contribution in [0.5, 0.6) is 0 Å². The van der Waals surface area contributed by atoms with Crippen LogP contribution in [-0.2, 0) is 0 Å². The van der Waals surface area contributed by atoms with E-state index in [9.17, 15) is 0 Å². The van der Waals surface area contributed by atoms with E-state index in [1.165, 1.54) is 0 Å². The van der Waals surface area contributed by atoms with Gasteiger partial charge in [0.1, 0.15) is 0 Å². The summed E-state index contributed by atoms with van der Waals surface area (Å²) in [4.78, 5) is 3.29. The second-order valence-electron chi connectivity index (χ2n) is 3.56. The fourth-order valence-electron chi connectivity index (χ4n) is 1.60. The van der Waals surface area contributed by atoms with Crippen molar-refractivity contribution in [3.8, 4) is 0 Å². The van der Waals surface area contributed by atoms with Gasteiger partial charge in [0, 0.05) is 21.6 Å². The van der Waals surface area contributed by atoms with Crippen molar-refractivity contribution >= 4 is 28.1 Å². The number of nitrogens with one attached hydrogen (secondary N) is 1. The monoisotopic (exact) mass is 220 g/mol. The normalized spacial score (nSPS) is 10.8. The summed E-state index contributed by atoms with van der Waals surface area (Å²) in [6.45, 7) is 4.61. The number of halogens is 1. The smallest absolute Gasteiger partial charge is 0.0459 e. The molecule has 0 aliphatic rings. The van der Waals surface area contributed by atoms with Gasteiger partial charge < -0.3 is 10.7 Å². The third-order valence-electron chi connectivity index (χ3n) is 2.41. The molecule has 2 aromatic rings. The molecule has 0 amide bonds. The quantitative estimate of drug-likeness (QED) is 0.820. The molecule has 3 heteroatoms. The zero-order valence-corrected chi connectivity index (χ0v) is 9.14. The first kappa shape index (κ1) is 10.3. The maximum atomic E-state index is 5.91. The molecule has 78 valence electrons. The van der Waals surface area contributed by atoms with E-state index in [0.717, 1.165) is 33.6 Å². The van der Waals surface area contributed by atoms with E-state index >= 15 is 0 Å². The summed E-state index contributed by atoms with van der Waals surface area (Å²) in [5.41, 5.74) is 8.64. The highest BCUT2D eigenvalue weighted by atomic mass is 35.5. The van der Waals surface area contributed by atoms with Crippen molar-refractivity contribution in [1.82, 2.24) is 4.98 Å². The van der Waals surface area contributed by atoms with Crippen molar-refractivity contribution in [2.45, 2.75) is 6.42 Å². The predicted octanol–water partition coefficient (Wildman–Crippen LogP) is 3.18. The Morgan fingerprint density at radius 3 is 2.93 bits per heavy atom. The van der Waals surface area contributed by atoms with Gasteiger partial charge in [-0.3, -0.25) is 0 Å². The summed E-state index contributed by atoms with van der Waals surface area (Å²) in [5.74, 6) is 0. The zero-order chi connectivity index (χ0) is 10.8. The van der Waals surface area contributed by atoms with Gasteiger partial charge in [0.05, 0.1) is 0 Å². The number of hydrogen-bond donors (Lipinski definition) is 2. The Morgan fingerprint density at radius 2 is 2.20 bits per heavy atom. The van der Waals surface area contributed by atoms with Crippen molar-refractivity contribution in [3.63, 3.8) is 0 Å². The standard InChI is InChI=1S/C12H13ClN2/c1-8(4-5-14)12-7-9-6-10(13)2-3-11(9)15-12/h2-3,6-7,15H,1,4-5,14H2. The van der Waals surface area contributed by atoms with Crippen LogP contribution in [-0.4, -0.2) is 11.5 Å². The van der Waals surface area contributed by atoms with Crippen LogP contribution in [0.4, 0.5) is 0 Å². The molecule has 2 rings (SSSR count). The SMILES string of the molecule is C=C(CCN)c1cc2cc(Cl)ccc2[nH]1. The topological polar surface area (TPSA) is 41.8 Å². The van der Waals surface area contributed by atoms with Crippen LogP contribution < -0.4 is 5.73 Å². The minimum Gasteiger partial charge on any atom is -0.355 e. The highest BCUT2D eigenvalue weighted by Gasteiger charge is 2.03. The van der Waals surface area contributed by atoms with E-state index in [1.807, 2.05) is 18.2 Å². The molecule has 0 unspecified atom stereocenters. The van der Waals surface area contributed by atoms with Crippen LogP contribution in [0.2, 0.25) is 5.02 Å². The summed E-state index contributed by atoms with van der Waals surface area (Å²) < 4.78 is 0. The molecule has 0 fully saturated rings. The number of aromatic nitrogens is 1. The molecule has 0 saturated carbocycles. The lowest BCUT2D eigenvalue weighted by Gasteiger charge is -1.98. The Balaban J connectivity index is 2.42. The summed E-state index contributed by atoms with van der Waals surface area (Å²) >= 11 is 5.91. The first-order chi connectivity index (χ1) is 7.20. The summed E-state index contributed by atoms with van der Waals surface area (Å²) in [7, 11) is 0. The van der Waals surface area contributed by atoms with Gasteiger partial charge in [-0.25, -0.2) is 0 Å². The summed E-state index contributed by atoms with van der Waals surface area (Å²) in [5, 5.41) is 1.85. The highest BCUT2D eigenvalue weighted by Crippen LogP contribution is 2.24. The van der Waals surface area contributed by atoms with Crippen LogP contribution >= 0.6 is 11.6 Å². The van der Waals surface area contributed by atoms with Crippen molar-refractivity contribution < 1.29 is 0 Å². The fraction of sp³-hybridized carbons (Fsp3) is 0.167. The molecule has 15 heavy (non-hydrogen) atoms. The van der Waals surface area contributed by atoms with Gasteiger partial charge in [0.2, 0.25) is 0 Å². The third-order valence-corrected chi connectivity index (χ3v) is 2.64. The minimum absolute atomic E-state index is 0.620. The Bertz CT molecular complexity index is 499. The molecule has 0 aliphatic carbocycles. The van der Waals surface area contributed by atoms with Crippen LogP contribution in [0.15, 0.2) is 30.8 Å². The Morgan fingerprint density at radius 1 is 1.40 bits per heavy atom. The van der Waals surface area contributed by atoms with Crippen LogP contribution in [0, 0.1) is 0 Å². The Labute approximate surface area is 93.7 Å². The van der Waals surface area contributed by atoms with Gasteiger partial charge in [-0.15, -0.1) is 0 Å². The largest absolute Gasteiger partial charge is 0.355 e. The van der Waals surface area contributed by atoms with E-state index in [-0.39, 0.29) is 0 Å². The van der Waals surface area contributed by atoms with Gasteiger partial charge >= 0.3 is 0 Å². The number of aromatic amines is 1. The lowest BCUT2D eigenvalue weighted by Crippen LogP contribution is -1.99. The zero-order valence-electron chi connectivity index (χ0n) is 8.39. The van der Waals surface area contributed by atoms with E-state index in [2.05, 4.69) is 17.6 Å². The van der Waals surface area contributed by atoms with E-state index in [1.54, 1.807) is 0 Å². The second-order valence-corrected chi connectivity index (χ2v) is 3.99. The summed E-state index contributed by atoms with van der Waals surface area (Å²) in [6.07, 6.45) is 0.806. The van der Waals surface area contributed by atoms with Crippen LogP contribution in [0.25, 0.3) is 16.5 Å². The first-order valence-electron chi connectivity index (χ1n) is 4.87. The molecule has 1 aromatic heterocycles. The maximum Gasteiger partial charge on any atom is 0.0459 e. The molecule has 0 radical (unpaired) electrons. The number of H-pyrrole nitrogens is 1. The lowest BCUT2D eigenvalue weighted by molar-refractivity contribution is 1.02. The number of fused-ring (bicyclic) bond motifs is 1. The van der Waals surface area contributed by atoms with Crippen LogP contribution in [0.1, 0.15) is 12.1 Å². The maximum absolute atomic E-state index is 5.91. The molecular formula is C12H13ClN2. The number of rotatable bonds is 3. The van der Waals surface area contributed by atoms with E-state index in [0.29, 0.717) is 6.54 Å². The van der Waals surface area contributed by atoms with Gasteiger partial charge in [-0.05, 0) is 42.8 Å². The van der Waals surface area contributed by atoms with Gasteiger partial charge in [0.15, 0.2) is 0 Å². The molecule has 0 aliphatic heterocycles. The molecule has 0 bridgehead atoms. The lowest BCUT2D eigenvalue weighted by atomic mass is 10.1. The molecule has 3 N–H and O–H groups in total. The van der Waals surface area contributed by atoms with Crippen molar-refractivity contribution in [2.24, 2.45) is 5.73 Å². The molecule has 1 aromatic carbocycles. The van der Waals surface area contributed by atoms with Gasteiger partial charge in [-0.1, -0.05) is 18.2 Å². The van der Waals surface area contributed by atoms with Crippen molar-refractivity contribution in [3.05, 3.63) is 41.6 Å². The van der Waals surface area contributed by atoms with Gasteiger partial charge in [-0.2, -0.15) is 0 Å². The molecular weight excluding hydrogens is 208 g/mol. The third kappa shape index (κ3) is 2.06. The average molecular weight is 221 g/mol. The predicted molar refractivity (Wildman–Crippen MR) is 66.0 cm³/mol. The molecule has 2 nitrogen and oxygen atoms in total. The van der Waals surface area contributed by atoms with Crippen molar-refractivity contribution in [1.29, 1.82) is 0 Å². The first-order valence-corrected chi connectivity index (χ1v) is 5.25. The molecule has 0 saturated heterocycles. The van der Waals surface area contributed by atoms with Gasteiger partial charge in [0.25, 0.3) is 0 Å².